The third-order valence-electron chi connectivity index (χ3n) is 4.30. The van der Waals surface area contributed by atoms with Gasteiger partial charge in [0.1, 0.15) is 0 Å². The summed E-state index contributed by atoms with van der Waals surface area (Å²) >= 11 is 0. The fraction of sp³-hybridized carbons (Fsp3) is 0.412. The Morgan fingerprint density at radius 2 is 1.90 bits per heavy atom. The van der Waals surface area contributed by atoms with Gasteiger partial charge in [-0.1, -0.05) is 13.8 Å². The molecule has 0 radical (unpaired) electrons. The van der Waals surface area contributed by atoms with Crippen LogP contribution in [0.2, 0.25) is 0 Å². The van der Waals surface area contributed by atoms with Gasteiger partial charge in [0.25, 0.3) is 0 Å². The van der Waals surface area contributed by atoms with Crippen LogP contribution >= 0.6 is 0 Å². The van der Waals surface area contributed by atoms with Crippen molar-refractivity contribution in [2.45, 2.75) is 39.7 Å². The van der Waals surface area contributed by atoms with E-state index in [0.717, 1.165) is 29.8 Å². The van der Waals surface area contributed by atoms with Gasteiger partial charge in [-0.05, 0) is 48.9 Å². The van der Waals surface area contributed by atoms with Gasteiger partial charge in [0.2, 0.25) is 0 Å². The predicted octanol–water partition coefficient (Wildman–Crippen LogP) is 4.04. The van der Waals surface area contributed by atoms with Gasteiger partial charge in [-0.2, -0.15) is 0 Å². The molecule has 0 spiro atoms. The lowest BCUT2D eigenvalue weighted by Gasteiger charge is -2.34. The summed E-state index contributed by atoms with van der Waals surface area (Å²) in [5.41, 5.74) is 10.3. The lowest BCUT2D eigenvalue weighted by molar-refractivity contribution is 0.278. The zero-order valence-corrected chi connectivity index (χ0v) is 12.6. The van der Waals surface area contributed by atoms with Crippen LogP contribution in [-0.4, -0.2) is 4.57 Å². The van der Waals surface area contributed by atoms with Crippen molar-refractivity contribution in [2.24, 2.45) is 11.1 Å². The van der Waals surface area contributed by atoms with Gasteiger partial charge in [-0.25, -0.2) is 8.78 Å². The second-order valence-corrected chi connectivity index (χ2v) is 6.77. The highest BCUT2D eigenvalue weighted by atomic mass is 19.2. The first kappa shape index (κ1) is 14.3. The Morgan fingerprint density at radius 1 is 1.19 bits per heavy atom. The standard InChI is InChI=1S/C17H20F2N2/c1-10-6-12-15(20)8-17(2,3)9-16(12)21(10)11-4-5-13(18)14(19)7-11/h4-7,15H,8-9,20H2,1-3H3. The number of hydrogen-bond donors (Lipinski definition) is 1. The molecule has 2 aromatic rings. The third kappa shape index (κ3) is 2.38. The molecule has 4 heteroatoms. The highest BCUT2D eigenvalue weighted by molar-refractivity contribution is 5.44. The Hall–Kier alpha value is -1.68. The average Bonchev–Trinajstić information content (AvgIpc) is 2.68. The summed E-state index contributed by atoms with van der Waals surface area (Å²) in [6, 6.07) is 6.09. The normalized spacial score (nSPS) is 20.4. The predicted molar refractivity (Wildman–Crippen MR) is 79.5 cm³/mol. The van der Waals surface area contributed by atoms with Gasteiger partial charge >= 0.3 is 0 Å². The molecule has 1 heterocycles. The van der Waals surface area contributed by atoms with Crippen LogP contribution in [0.5, 0.6) is 0 Å². The Morgan fingerprint density at radius 3 is 2.57 bits per heavy atom. The van der Waals surface area contributed by atoms with Gasteiger partial charge < -0.3 is 10.3 Å². The molecule has 1 atom stereocenters. The van der Waals surface area contributed by atoms with Crippen LogP contribution in [0.25, 0.3) is 5.69 Å². The van der Waals surface area contributed by atoms with E-state index >= 15 is 0 Å². The van der Waals surface area contributed by atoms with Crippen molar-refractivity contribution in [1.29, 1.82) is 0 Å². The molecule has 0 bridgehead atoms. The van der Waals surface area contributed by atoms with Crippen molar-refractivity contribution >= 4 is 0 Å². The van der Waals surface area contributed by atoms with Crippen molar-refractivity contribution in [3.05, 3.63) is 52.9 Å². The second-order valence-electron chi connectivity index (χ2n) is 6.77. The number of aryl methyl sites for hydroxylation is 1. The van der Waals surface area contributed by atoms with Gasteiger partial charge in [0.05, 0.1) is 0 Å². The number of benzene rings is 1. The SMILES string of the molecule is Cc1cc2c(n1-c1ccc(F)c(F)c1)CC(C)(C)CC2N. The average molecular weight is 290 g/mol. The van der Waals surface area contributed by atoms with E-state index in [-0.39, 0.29) is 11.5 Å². The van der Waals surface area contributed by atoms with Crippen LogP contribution in [0.3, 0.4) is 0 Å². The van der Waals surface area contributed by atoms with E-state index in [9.17, 15) is 8.78 Å². The monoisotopic (exact) mass is 290 g/mol. The first-order valence-electron chi connectivity index (χ1n) is 7.21. The summed E-state index contributed by atoms with van der Waals surface area (Å²) < 4.78 is 28.7. The number of fused-ring (bicyclic) bond motifs is 1. The molecule has 1 aliphatic carbocycles. The minimum Gasteiger partial charge on any atom is -0.324 e. The molecular formula is C17H20F2N2. The van der Waals surface area contributed by atoms with Gasteiger partial charge in [0.15, 0.2) is 11.6 Å². The van der Waals surface area contributed by atoms with E-state index in [1.807, 2.05) is 11.5 Å². The number of halogens is 2. The van der Waals surface area contributed by atoms with Crippen molar-refractivity contribution in [3.63, 3.8) is 0 Å². The zero-order valence-electron chi connectivity index (χ0n) is 12.6. The molecule has 2 nitrogen and oxygen atoms in total. The fourth-order valence-corrected chi connectivity index (χ4v) is 3.43. The molecular weight excluding hydrogens is 270 g/mol. The Kier molecular flexibility index (Phi) is 3.17. The number of aromatic nitrogens is 1. The van der Waals surface area contributed by atoms with E-state index in [1.54, 1.807) is 6.07 Å². The van der Waals surface area contributed by atoms with E-state index in [4.69, 9.17) is 5.73 Å². The first-order valence-corrected chi connectivity index (χ1v) is 7.21. The van der Waals surface area contributed by atoms with E-state index < -0.39 is 11.6 Å². The number of nitrogens with two attached hydrogens (primary N) is 1. The van der Waals surface area contributed by atoms with Crippen molar-refractivity contribution in [2.75, 3.05) is 0 Å². The largest absolute Gasteiger partial charge is 0.324 e. The molecule has 0 aliphatic heterocycles. The lowest BCUT2D eigenvalue weighted by Crippen LogP contribution is -2.30. The highest BCUT2D eigenvalue weighted by Crippen LogP contribution is 2.41. The van der Waals surface area contributed by atoms with E-state index in [2.05, 4.69) is 19.9 Å². The van der Waals surface area contributed by atoms with Gasteiger partial charge in [-0.15, -0.1) is 0 Å². The molecule has 1 aromatic heterocycles. The van der Waals surface area contributed by atoms with Crippen molar-refractivity contribution < 1.29 is 8.78 Å². The molecule has 21 heavy (non-hydrogen) atoms. The first-order chi connectivity index (χ1) is 9.78. The van der Waals surface area contributed by atoms with Gasteiger partial charge in [-0.3, -0.25) is 0 Å². The summed E-state index contributed by atoms with van der Waals surface area (Å²) in [5, 5.41) is 0. The van der Waals surface area contributed by atoms with E-state index in [0.29, 0.717) is 5.69 Å². The van der Waals surface area contributed by atoms with Crippen LogP contribution in [0.1, 0.15) is 43.3 Å². The lowest BCUT2D eigenvalue weighted by atomic mass is 9.74. The van der Waals surface area contributed by atoms with Crippen molar-refractivity contribution in [3.8, 4) is 5.69 Å². The minimum atomic E-state index is -0.825. The third-order valence-corrected chi connectivity index (χ3v) is 4.30. The number of hydrogen-bond acceptors (Lipinski definition) is 1. The highest BCUT2D eigenvalue weighted by Gasteiger charge is 2.33. The molecule has 0 saturated heterocycles. The van der Waals surface area contributed by atoms with Crippen LogP contribution in [0.4, 0.5) is 8.78 Å². The maximum absolute atomic E-state index is 13.6. The summed E-state index contributed by atoms with van der Waals surface area (Å²) in [5.74, 6) is -1.65. The molecule has 1 aromatic carbocycles. The molecule has 0 fully saturated rings. The van der Waals surface area contributed by atoms with Crippen molar-refractivity contribution in [1.82, 2.24) is 4.57 Å². The molecule has 1 unspecified atom stereocenters. The summed E-state index contributed by atoms with van der Waals surface area (Å²) in [4.78, 5) is 0. The summed E-state index contributed by atoms with van der Waals surface area (Å²) in [7, 11) is 0. The molecule has 0 amide bonds. The Bertz CT molecular complexity index is 701. The van der Waals surface area contributed by atoms with Crippen LogP contribution in [0.15, 0.2) is 24.3 Å². The Balaban J connectivity index is 2.18. The quantitative estimate of drug-likeness (QED) is 0.844. The molecule has 1 aliphatic rings. The summed E-state index contributed by atoms with van der Waals surface area (Å²) in [6.45, 7) is 6.35. The maximum Gasteiger partial charge on any atom is 0.160 e. The molecule has 112 valence electrons. The second kappa shape index (κ2) is 4.67. The number of rotatable bonds is 1. The maximum atomic E-state index is 13.6. The topological polar surface area (TPSA) is 30.9 Å². The molecule has 0 saturated carbocycles. The smallest absolute Gasteiger partial charge is 0.160 e. The van der Waals surface area contributed by atoms with E-state index in [1.165, 1.54) is 12.1 Å². The molecule has 3 rings (SSSR count). The summed E-state index contributed by atoms with van der Waals surface area (Å²) in [6.07, 6.45) is 1.81. The van der Waals surface area contributed by atoms with Crippen LogP contribution in [-0.2, 0) is 6.42 Å². The zero-order chi connectivity index (χ0) is 15.4. The van der Waals surface area contributed by atoms with Crippen LogP contribution in [0, 0.1) is 24.0 Å². The number of nitrogens with zero attached hydrogens (tertiary/aromatic N) is 1. The minimum absolute atomic E-state index is 0.00556. The Labute approximate surface area is 123 Å². The molecule has 2 N–H and O–H groups in total. The van der Waals surface area contributed by atoms with Crippen LogP contribution < -0.4 is 5.73 Å². The van der Waals surface area contributed by atoms with Gasteiger partial charge in [0, 0.05) is 29.2 Å². The fourth-order valence-electron chi connectivity index (χ4n) is 3.43.